The first-order chi connectivity index (χ1) is 7.69. The van der Waals surface area contributed by atoms with Crippen molar-refractivity contribution in [1.82, 2.24) is 9.78 Å². The highest BCUT2D eigenvalue weighted by Gasteiger charge is 2.03. The molecule has 0 bridgehead atoms. The smallest absolute Gasteiger partial charge is 0.0674 e. The van der Waals surface area contributed by atoms with Crippen LogP contribution in [0.2, 0.25) is 5.02 Å². The fourth-order valence-corrected chi connectivity index (χ4v) is 2.26. The van der Waals surface area contributed by atoms with Crippen LogP contribution in [0.15, 0.2) is 35.1 Å². The monoisotopic (exact) mass is 318 g/mol. The maximum Gasteiger partial charge on any atom is 0.0674 e. The van der Waals surface area contributed by atoms with E-state index in [9.17, 15) is 0 Å². The van der Waals surface area contributed by atoms with Gasteiger partial charge >= 0.3 is 0 Å². The molecule has 0 unspecified atom stereocenters. The number of rotatable bonds is 3. The molecule has 0 saturated heterocycles. The van der Waals surface area contributed by atoms with Crippen molar-refractivity contribution < 1.29 is 0 Å². The number of nitrogens with zero attached hydrogens (tertiary/aromatic N) is 2. The quantitative estimate of drug-likeness (QED) is 0.779. The molecule has 0 saturated carbocycles. The van der Waals surface area contributed by atoms with Gasteiger partial charge in [0.1, 0.15) is 0 Å². The Kier molecular flexibility index (Phi) is 3.90. The molecule has 0 radical (unpaired) electrons. The van der Waals surface area contributed by atoms with Crippen molar-refractivity contribution in [3.05, 3.63) is 51.2 Å². The summed E-state index contributed by atoms with van der Waals surface area (Å²) in [4.78, 5) is 0. The fraction of sp³-hybridized carbons (Fsp3) is 0.182. The molecule has 1 aromatic heterocycles. The van der Waals surface area contributed by atoms with Gasteiger partial charge in [-0.3, -0.25) is 4.68 Å². The van der Waals surface area contributed by atoms with Gasteiger partial charge in [0.15, 0.2) is 0 Å². The van der Waals surface area contributed by atoms with E-state index in [-0.39, 0.29) is 0 Å². The van der Waals surface area contributed by atoms with Crippen molar-refractivity contribution in [3.63, 3.8) is 0 Å². The number of benzene rings is 1. The van der Waals surface area contributed by atoms with Crippen molar-refractivity contribution in [2.45, 2.75) is 12.4 Å². The lowest BCUT2D eigenvalue weighted by molar-refractivity contribution is 0.686. The summed E-state index contributed by atoms with van der Waals surface area (Å²) in [5, 5.41) is 4.94. The summed E-state index contributed by atoms with van der Waals surface area (Å²) >= 11 is 15.2. The molecular formula is C11H9BrCl2N2. The largest absolute Gasteiger partial charge is 0.268 e. The molecule has 0 amide bonds. The van der Waals surface area contributed by atoms with Gasteiger partial charge in [-0.05, 0) is 17.7 Å². The minimum absolute atomic E-state index is 0.480. The lowest BCUT2D eigenvalue weighted by Crippen LogP contribution is -2.00. The first kappa shape index (κ1) is 12.0. The molecule has 0 aliphatic carbocycles. The van der Waals surface area contributed by atoms with E-state index in [4.69, 9.17) is 23.2 Å². The van der Waals surface area contributed by atoms with Gasteiger partial charge < -0.3 is 0 Å². The maximum absolute atomic E-state index is 6.12. The molecule has 0 spiro atoms. The van der Waals surface area contributed by atoms with Crippen LogP contribution in [0.1, 0.15) is 11.1 Å². The van der Waals surface area contributed by atoms with Gasteiger partial charge in [-0.1, -0.05) is 33.6 Å². The van der Waals surface area contributed by atoms with Crippen LogP contribution in [0.5, 0.6) is 0 Å². The highest BCUT2D eigenvalue weighted by Crippen LogP contribution is 2.22. The second-order valence-corrected chi connectivity index (χ2v) is 5.01. The summed E-state index contributed by atoms with van der Waals surface area (Å²) in [6.45, 7) is 0.656. The molecule has 16 heavy (non-hydrogen) atoms. The van der Waals surface area contributed by atoms with E-state index in [2.05, 4.69) is 21.0 Å². The molecule has 5 heteroatoms. The Morgan fingerprint density at radius 2 is 2.19 bits per heavy atom. The summed E-state index contributed by atoms with van der Waals surface area (Å²) in [6.07, 6.45) is 3.69. The minimum Gasteiger partial charge on any atom is -0.268 e. The van der Waals surface area contributed by atoms with Crippen molar-refractivity contribution >= 4 is 39.1 Å². The second kappa shape index (κ2) is 5.21. The van der Waals surface area contributed by atoms with Crippen molar-refractivity contribution in [2.75, 3.05) is 0 Å². The van der Waals surface area contributed by atoms with Gasteiger partial charge in [0.05, 0.1) is 18.6 Å². The van der Waals surface area contributed by atoms with E-state index < -0.39 is 0 Å². The molecule has 0 N–H and O–H groups in total. The molecule has 1 heterocycles. The van der Waals surface area contributed by atoms with Crippen LogP contribution in [-0.4, -0.2) is 9.78 Å². The van der Waals surface area contributed by atoms with E-state index in [0.29, 0.717) is 12.4 Å². The van der Waals surface area contributed by atoms with E-state index in [0.717, 1.165) is 20.6 Å². The molecule has 2 rings (SSSR count). The Labute approximate surface area is 112 Å². The third-order valence-corrected chi connectivity index (χ3v) is 3.34. The van der Waals surface area contributed by atoms with Gasteiger partial charge in [-0.25, -0.2) is 0 Å². The third-order valence-electron chi connectivity index (χ3n) is 2.19. The normalized spacial score (nSPS) is 10.7. The molecule has 0 atom stereocenters. The number of aromatic nitrogens is 2. The first-order valence-electron chi connectivity index (χ1n) is 4.70. The Balaban J connectivity index is 2.20. The highest BCUT2D eigenvalue weighted by molar-refractivity contribution is 9.10. The molecule has 0 fully saturated rings. The van der Waals surface area contributed by atoms with Crippen LogP contribution in [0.4, 0.5) is 0 Å². The Bertz CT molecular complexity index is 496. The predicted octanol–water partition coefficient (Wildman–Crippen LogP) is 4.09. The molecule has 84 valence electrons. The Morgan fingerprint density at radius 3 is 2.81 bits per heavy atom. The Morgan fingerprint density at radius 1 is 1.38 bits per heavy atom. The van der Waals surface area contributed by atoms with Gasteiger partial charge in [0, 0.05) is 21.3 Å². The van der Waals surface area contributed by atoms with E-state index in [1.807, 2.05) is 29.1 Å². The highest BCUT2D eigenvalue weighted by atomic mass is 79.9. The van der Waals surface area contributed by atoms with Crippen LogP contribution in [0.3, 0.4) is 0 Å². The van der Waals surface area contributed by atoms with Crippen LogP contribution >= 0.6 is 39.1 Å². The summed E-state index contributed by atoms with van der Waals surface area (Å²) < 4.78 is 2.80. The molecule has 2 nitrogen and oxygen atoms in total. The van der Waals surface area contributed by atoms with Gasteiger partial charge in [-0.2, -0.15) is 5.10 Å². The number of hydrogen-bond acceptors (Lipinski definition) is 1. The van der Waals surface area contributed by atoms with Crippen LogP contribution in [0, 0.1) is 0 Å². The van der Waals surface area contributed by atoms with E-state index in [1.165, 1.54) is 0 Å². The SMILES string of the molecule is ClCc1cnn(Cc2ccc(Br)cc2Cl)c1. The molecule has 0 aliphatic heterocycles. The average molecular weight is 320 g/mol. The van der Waals surface area contributed by atoms with Crippen LogP contribution < -0.4 is 0 Å². The average Bonchev–Trinajstić information content (AvgIpc) is 2.70. The zero-order valence-corrected chi connectivity index (χ0v) is 11.4. The van der Waals surface area contributed by atoms with E-state index in [1.54, 1.807) is 6.20 Å². The lowest BCUT2D eigenvalue weighted by Gasteiger charge is -2.04. The third kappa shape index (κ3) is 2.78. The van der Waals surface area contributed by atoms with Gasteiger partial charge in [0.25, 0.3) is 0 Å². The summed E-state index contributed by atoms with van der Waals surface area (Å²) in [6, 6.07) is 5.82. The van der Waals surface area contributed by atoms with Gasteiger partial charge in [-0.15, -0.1) is 11.6 Å². The van der Waals surface area contributed by atoms with E-state index >= 15 is 0 Å². The zero-order chi connectivity index (χ0) is 11.5. The second-order valence-electron chi connectivity index (χ2n) is 3.42. The predicted molar refractivity (Wildman–Crippen MR) is 70.0 cm³/mol. The van der Waals surface area contributed by atoms with Gasteiger partial charge in [0.2, 0.25) is 0 Å². The number of hydrogen-bond donors (Lipinski definition) is 0. The lowest BCUT2D eigenvalue weighted by atomic mass is 10.2. The fourth-order valence-electron chi connectivity index (χ4n) is 1.39. The Hall–Kier alpha value is -0.510. The first-order valence-corrected chi connectivity index (χ1v) is 6.41. The minimum atomic E-state index is 0.480. The maximum atomic E-state index is 6.12. The summed E-state index contributed by atoms with van der Waals surface area (Å²) in [5.74, 6) is 0.480. The summed E-state index contributed by atoms with van der Waals surface area (Å²) in [5.41, 5.74) is 2.05. The molecular weight excluding hydrogens is 311 g/mol. The van der Waals surface area contributed by atoms with Crippen molar-refractivity contribution in [2.24, 2.45) is 0 Å². The number of halogens is 3. The molecule has 2 aromatic rings. The standard InChI is InChI=1S/C11H9BrCl2N2/c12-10-2-1-9(11(14)3-10)7-16-6-8(4-13)5-15-16/h1-3,5-6H,4,7H2. The van der Waals surface area contributed by atoms with Crippen LogP contribution in [-0.2, 0) is 12.4 Å². The number of alkyl halides is 1. The molecule has 0 aliphatic rings. The molecule has 1 aromatic carbocycles. The topological polar surface area (TPSA) is 17.8 Å². The zero-order valence-electron chi connectivity index (χ0n) is 8.33. The summed E-state index contributed by atoms with van der Waals surface area (Å²) in [7, 11) is 0. The van der Waals surface area contributed by atoms with Crippen LogP contribution in [0.25, 0.3) is 0 Å². The van der Waals surface area contributed by atoms with Crippen molar-refractivity contribution in [3.8, 4) is 0 Å². The van der Waals surface area contributed by atoms with Crippen molar-refractivity contribution in [1.29, 1.82) is 0 Å².